The lowest BCUT2D eigenvalue weighted by atomic mass is 10.1. The van der Waals surface area contributed by atoms with Crippen molar-refractivity contribution in [3.05, 3.63) is 24.3 Å². The molecule has 4 nitrogen and oxygen atoms in total. The molecule has 0 aliphatic heterocycles. The van der Waals surface area contributed by atoms with Gasteiger partial charge in [-0.2, -0.15) is 0 Å². The van der Waals surface area contributed by atoms with Gasteiger partial charge in [-0.1, -0.05) is 19.1 Å². The number of hydrogen-bond donors (Lipinski definition) is 2. The molecule has 0 fully saturated rings. The van der Waals surface area contributed by atoms with Crippen molar-refractivity contribution in [2.75, 3.05) is 18.5 Å². The van der Waals surface area contributed by atoms with E-state index >= 15 is 0 Å². The molecule has 1 unspecified atom stereocenters. The zero-order valence-corrected chi connectivity index (χ0v) is 10.0. The number of anilines is 1. The van der Waals surface area contributed by atoms with Crippen molar-refractivity contribution in [2.24, 2.45) is 11.7 Å². The van der Waals surface area contributed by atoms with E-state index in [0.29, 0.717) is 5.69 Å². The lowest BCUT2D eigenvalue weighted by molar-refractivity contribution is -0.119. The number of halogens is 2. The number of rotatable bonds is 6. The van der Waals surface area contributed by atoms with Crippen LogP contribution in [0.3, 0.4) is 0 Å². The highest BCUT2D eigenvalue weighted by atomic mass is 19.3. The molecule has 0 radical (unpaired) electrons. The average Bonchev–Trinajstić information content (AvgIpc) is 2.36. The molecule has 0 heterocycles. The average molecular weight is 258 g/mol. The monoisotopic (exact) mass is 258 g/mol. The number of benzene rings is 1. The largest absolute Gasteiger partial charge is 0.485 e. The van der Waals surface area contributed by atoms with Gasteiger partial charge in [0.05, 0.1) is 5.69 Å². The third kappa shape index (κ3) is 4.29. The van der Waals surface area contributed by atoms with Gasteiger partial charge in [-0.05, 0) is 12.1 Å². The van der Waals surface area contributed by atoms with E-state index in [1.165, 1.54) is 6.07 Å². The summed E-state index contributed by atoms with van der Waals surface area (Å²) in [6.45, 7) is 1.18. The van der Waals surface area contributed by atoms with Gasteiger partial charge < -0.3 is 15.8 Å². The fourth-order valence-corrected chi connectivity index (χ4v) is 1.21. The molecule has 0 saturated carbocycles. The first kappa shape index (κ1) is 14.4. The number of nitrogens with two attached hydrogens (primary N) is 1. The number of carbonyl (C=O) groups excluding carboxylic acids is 1. The second-order valence-corrected chi connectivity index (χ2v) is 3.82. The highest BCUT2D eigenvalue weighted by molar-refractivity contribution is 5.93. The normalized spacial score (nSPS) is 12.3. The summed E-state index contributed by atoms with van der Waals surface area (Å²) in [7, 11) is 0. The molecule has 0 saturated heterocycles. The summed E-state index contributed by atoms with van der Waals surface area (Å²) in [5.74, 6) is -0.408. The molecular weight excluding hydrogens is 242 g/mol. The number of amides is 1. The Hall–Kier alpha value is -1.69. The van der Waals surface area contributed by atoms with Crippen LogP contribution in [0.2, 0.25) is 0 Å². The van der Waals surface area contributed by atoms with Crippen molar-refractivity contribution in [3.8, 4) is 5.75 Å². The second kappa shape index (κ2) is 6.90. The number of para-hydroxylation sites is 2. The zero-order chi connectivity index (χ0) is 13.5. The van der Waals surface area contributed by atoms with Crippen LogP contribution in [-0.2, 0) is 4.79 Å². The van der Waals surface area contributed by atoms with Gasteiger partial charge in [0.15, 0.2) is 0 Å². The van der Waals surface area contributed by atoms with Gasteiger partial charge in [-0.3, -0.25) is 4.79 Å². The maximum Gasteiger partial charge on any atom is 0.272 e. The summed E-state index contributed by atoms with van der Waals surface area (Å²) in [4.78, 5) is 11.6. The maximum atomic E-state index is 12.1. The molecule has 0 aliphatic rings. The Kier molecular flexibility index (Phi) is 5.51. The molecular formula is C12H16F2N2O2. The van der Waals surface area contributed by atoms with E-state index in [1.54, 1.807) is 25.1 Å². The highest BCUT2D eigenvalue weighted by Crippen LogP contribution is 2.24. The third-order valence-corrected chi connectivity index (χ3v) is 2.31. The van der Waals surface area contributed by atoms with Crippen LogP contribution in [0.15, 0.2) is 24.3 Å². The summed E-state index contributed by atoms with van der Waals surface area (Å²) in [5.41, 5.74) is 5.74. The summed E-state index contributed by atoms with van der Waals surface area (Å²) in [6, 6.07) is 6.42. The smallest absolute Gasteiger partial charge is 0.272 e. The molecule has 6 heteroatoms. The minimum Gasteiger partial charge on any atom is -0.485 e. The van der Waals surface area contributed by atoms with Gasteiger partial charge >= 0.3 is 0 Å². The SMILES string of the molecule is CC(CN)C(=O)Nc1ccccc1OCC(F)F. The number of hydrogen-bond acceptors (Lipinski definition) is 3. The van der Waals surface area contributed by atoms with Crippen LogP contribution in [0.25, 0.3) is 0 Å². The fraction of sp³-hybridized carbons (Fsp3) is 0.417. The zero-order valence-electron chi connectivity index (χ0n) is 10.0. The number of alkyl halides is 2. The van der Waals surface area contributed by atoms with Crippen molar-refractivity contribution < 1.29 is 18.3 Å². The summed E-state index contributed by atoms with van der Waals surface area (Å²) in [5, 5.41) is 2.60. The van der Waals surface area contributed by atoms with Gasteiger partial charge in [0, 0.05) is 12.5 Å². The lowest BCUT2D eigenvalue weighted by Gasteiger charge is -2.14. The van der Waals surface area contributed by atoms with E-state index in [-0.39, 0.29) is 24.1 Å². The second-order valence-electron chi connectivity index (χ2n) is 3.82. The summed E-state index contributed by atoms with van der Waals surface area (Å²) in [6.07, 6.45) is -2.56. The first-order chi connectivity index (χ1) is 8.54. The van der Waals surface area contributed by atoms with E-state index in [4.69, 9.17) is 10.5 Å². The van der Waals surface area contributed by atoms with E-state index in [2.05, 4.69) is 5.32 Å². The van der Waals surface area contributed by atoms with Crippen molar-refractivity contribution in [2.45, 2.75) is 13.3 Å². The summed E-state index contributed by atoms with van der Waals surface area (Å²) < 4.78 is 29.1. The van der Waals surface area contributed by atoms with Gasteiger partial charge in [0.2, 0.25) is 5.91 Å². The van der Waals surface area contributed by atoms with Crippen molar-refractivity contribution in [3.63, 3.8) is 0 Å². The first-order valence-electron chi connectivity index (χ1n) is 5.55. The molecule has 100 valence electrons. The Morgan fingerprint density at radius 1 is 1.44 bits per heavy atom. The van der Waals surface area contributed by atoms with Crippen LogP contribution >= 0.6 is 0 Å². The Morgan fingerprint density at radius 2 is 2.11 bits per heavy atom. The van der Waals surface area contributed by atoms with Crippen LogP contribution in [-0.4, -0.2) is 25.5 Å². The Balaban J connectivity index is 2.72. The molecule has 1 rings (SSSR count). The van der Waals surface area contributed by atoms with Crippen molar-refractivity contribution in [1.82, 2.24) is 0 Å². The van der Waals surface area contributed by atoms with Gasteiger partial charge in [0.25, 0.3) is 6.43 Å². The quantitative estimate of drug-likeness (QED) is 0.818. The van der Waals surface area contributed by atoms with Crippen LogP contribution in [0.5, 0.6) is 5.75 Å². The predicted molar refractivity (Wildman–Crippen MR) is 64.8 cm³/mol. The van der Waals surface area contributed by atoms with Crippen molar-refractivity contribution >= 4 is 11.6 Å². The Bertz CT molecular complexity index is 399. The van der Waals surface area contributed by atoms with E-state index in [9.17, 15) is 13.6 Å². The molecule has 1 atom stereocenters. The van der Waals surface area contributed by atoms with E-state index in [0.717, 1.165) is 0 Å². The number of ether oxygens (including phenoxy) is 1. The molecule has 3 N–H and O–H groups in total. The van der Waals surface area contributed by atoms with Crippen LogP contribution in [0.1, 0.15) is 6.92 Å². The minimum atomic E-state index is -2.56. The molecule has 1 aromatic carbocycles. The van der Waals surface area contributed by atoms with Crippen LogP contribution in [0, 0.1) is 5.92 Å². The molecule has 0 bridgehead atoms. The van der Waals surface area contributed by atoms with Gasteiger partial charge in [-0.15, -0.1) is 0 Å². The predicted octanol–water partition coefficient (Wildman–Crippen LogP) is 1.86. The number of carbonyl (C=O) groups is 1. The highest BCUT2D eigenvalue weighted by Gasteiger charge is 2.14. The van der Waals surface area contributed by atoms with E-state index < -0.39 is 13.0 Å². The fourth-order valence-electron chi connectivity index (χ4n) is 1.21. The van der Waals surface area contributed by atoms with Gasteiger partial charge in [-0.25, -0.2) is 8.78 Å². The van der Waals surface area contributed by atoms with Crippen LogP contribution < -0.4 is 15.8 Å². The standard InChI is InChI=1S/C12H16F2N2O2/c1-8(6-15)12(17)16-9-4-2-3-5-10(9)18-7-11(13)14/h2-5,8,11H,6-7,15H2,1H3,(H,16,17). The topological polar surface area (TPSA) is 64.4 Å². The van der Waals surface area contributed by atoms with E-state index in [1.807, 2.05) is 0 Å². The third-order valence-electron chi connectivity index (χ3n) is 2.31. The Labute approximate surface area is 104 Å². The Morgan fingerprint density at radius 3 is 2.72 bits per heavy atom. The number of nitrogens with one attached hydrogen (secondary N) is 1. The van der Waals surface area contributed by atoms with Crippen molar-refractivity contribution in [1.29, 1.82) is 0 Å². The molecule has 0 aliphatic carbocycles. The maximum absolute atomic E-state index is 12.1. The summed E-state index contributed by atoms with van der Waals surface area (Å²) >= 11 is 0. The molecule has 1 amide bonds. The van der Waals surface area contributed by atoms with Crippen LogP contribution in [0.4, 0.5) is 14.5 Å². The molecule has 18 heavy (non-hydrogen) atoms. The minimum absolute atomic E-state index is 0.214. The molecule has 0 aromatic heterocycles. The first-order valence-corrected chi connectivity index (χ1v) is 5.55. The molecule has 0 spiro atoms. The van der Waals surface area contributed by atoms with Gasteiger partial charge in [0.1, 0.15) is 12.4 Å². The lowest BCUT2D eigenvalue weighted by Crippen LogP contribution is -2.27. The molecule has 1 aromatic rings.